The van der Waals surface area contributed by atoms with Gasteiger partial charge < -0.3 is 0 Å². The Labute approximate surface area is 78.8 Å². The summed E-state index contributed by atoms with van der Waals surface area (Å²) in [6.45, 7) is 2.49. The predicted octanol–water partition coefficient (Wildman–Crippen LogP) is 2.65. The number of azo groups is 1. The zero-order chi connectivity index (χ0) is 8.63. The summed E-state index contributed by atoms with van der Waals surface area (Å²) in [5, 5.41) is 8.97. The van der Waals surface area contributed by atoms with Gasteiger partial charge in [-0.15, -0.1) is 0 Å². The molecule has 3 aliphatic carbocycles. The van der Waals surface area contributed by atoms with E-state index in [1.807, 2.05) is 0 Å². The molecule has 2 nitrogen and oxygen atoms in total. The first-order chi connectivity index (χ1) is 6.32. The number of fused-ring (bicyclic) bond motifs is 2. The van der Waals surface area contributed by atoms with Gasteiger partial charge in [0, 0.05) is 0 Å². The molecule has 2 bridgehead atoms. The van der Waals surface area contributed by atoms with Crippen molar-refractivity contribution in [3.8, 4) is 0 Å². The molecule has 2 heterocycles. The van der Waals surface area contributed by atoms with Crippen LogP contribution in [-0.2, 0) is 0 Å². The van der Waals surface area contributed by atoms with Gasteiger partial charge in [-0.3, -0.25) is 0 Å². The maximum absolute atomic E-state index is 4.50. The van der Waals surface area contributed by atoms with E-state index < -0.39 is 0 Å². The van der Waals surface area contributed by atoms with Crippen LogP contribution in [0.2, 0.25) is 0 Å². The molecule has 6 atom stereocenters. The molecule has 70 valence electrons. The molecule has 0 aromatic rings. The molecule has 0 N–H and O–H groups in total. The largest absolute Gasteiger partial charge is 0.190 e. The minimum atomic E-state index is 0.591. The maximum Gasteiger partial charge on any atom is 0.0768 e. The van der Waals surface area contributed by atoms with Gasteiger partial charge in [-0.2, -0.15) is 10.2 Å². The van der Waals surface area contributed by atoms with Gasteiger partial charge in [-0.1, -0.05) is 6.92 Å². The number of hydrogen-bond donors (Lipinski definition) is 0. The molecule has 5 rings (SSSR count). The van der Waals surface area contributed by atoms with Gasteiger partial charge in [-0.25, -0.2) is 0 Å². The highest BCUT2D eigenvalue weighted by Crippen LogP contribution is 2.72. The molecule has 0 spiro atoms. The molecular weight excluding hydrogens is 160 g/mol. The van der Waals surface area contributed by atoms with Gasteiger partial charge in [-0.05, 0) is 48.9 Å². The zero-order valence-corrected chi connectivity index (χ0v) is 8.11. The van der Waals surface area contributed by atoms with E-state index >= 15 is 0 Å². The molecule has 0 amide bonds. The second kappa shape index (κ2) is 1.84. The molecule has 3 fully saturated rings. The Bertz CT molecular complexity index is 298. The first-order valence-corrected chi connectivity index (χ1v) is 5.72. The summed E-state index contributed by atoms with van der Waals surface area (Å²) in [5.41, 5.74) is 0.591. The normalized spacial score (nSPS) is 66.4. The first kappa shape index (κ1) is 6.97. The van der Waals surface area contributed by atoms with Crippen molar-refractivity contribution in [3.63, 3.8) is 0 Å². The van der Waals surface area contributed by atoms with Crippen molar-refractivity contribution in [2.75, 3.05) is 0 Å². The lowest BCUT2D eigenvalue weighted by Crippen LogP contribution is -2.71. The van der Waals surface area contributed by atoms with Gasteiger partial charge in [0.15, 0.2) is 0 Å². The minimum Gasteiger partial charge on any atom is -0.190 e. The van der Waals surface area contributed by atoms with Crippen LogP contribution >= 0.6 is 0 Å². The summed E-state index contributed by atoms with van der Waals surface area (Å²) < 4.78 is 0. The van der Waals surface area contributed by atoms with Gasteiger partial charge in [0.2, 0.25) is 0 Å². The average molecular weight is 176 g/mol. The standard InChI is InChI=1S/C11H16N2/c1-11-7-3-2-6(7)10(11)8-4-5-9(11)13-12-8/h6-10H,2-5H2,1H3/t6-,7+,8-,9+,10-,11+/m1/s1. The molecule has 2 aliphatic heterocycles. The number of hydrogen-bond acceptors (Lipinski definition) is 2. The maximum atomic E-state index is 4.50. The van der Waals surface area contributed by atoms with Crippen LogP contribution < -0.4 is 0 Å². The second-order valence-electron chi connectivity index (χ2n) is 5.63. The van der Waals surface area contributed by atoms with Crippen LogP contribution in [0.3, 0.4) is 0 Å². The Morgan fingerprint density at radius 3 is 2.54 bits per heavy atom. The lowest BCUT2D eigenvalue weighted by Gasteiger charge is -2.72. The molecule has 0 unspecified atom stereocenters. The van der Waals surface area contributed by atoms with E-state index in [2.05, 4.69) is 17.2 Å². The minimum absolute atomic E-state index is 0.591. The van der Waals surface area contributed by atoms with Crippen LogP contribution in [0.25, 0.3) is 0 Å². The van der Waals surface area contributed by atoms with Crippen LogP contribution in [0.1, 0.15) is 32.6 Å². The van der Waals surface area contributed by atoms with Crippen LogP contribution in [0.4, 0.5) is 0 Å². The molecule has 13 heavy (non-hydrogen) atoms. The van der Waals surface area contributed by atoms with Crippen molar-refractivity contribution in [2.45, 2.75) is 44.7 Å². The van der Waals surface area contributed by atoms with E-state index in [1.165, 1.54) is 25.7 Å². The van der Waals surface area contributed by atoms with Crippen molar-refractivity contribution in [1.82, 2.24) is 0 Å². The fraction of sp³-hybridized carbons (Fsp3) is 1.00. The highest BCUT2D eigenvalue weighted by atomic mass is 15.2. The summed E-state index contributed by atoms with van der Waals surface area (Å²) in [6, 6.07) is 1.22. The molecule has 0 aromatic carbocycles. The average Bonchev–Trinajstić information content (AvgIpc) is 2.10. The molecular formula is C11H16N2. The highest BCUT2D eigenvalue weighted by molar-refractivity contribution is 5.21. The van der Waals surface area contributed by atoms with Gasteiger partial charge in [0.05, 0.1) is 12.1 Å². The van der Waals surface area contributed by atoms with E-state index in [4.69, 9.17) is 0 Å². The Kier molecular flexibility index (Phi) is 0.987. The van der Waals surface area contributed by atoms with E-state index in [0.717, 1.165) is 17.8 Å². The summed E-state index contributed by atoms with van der Waals surface area (Å²) in [7, 11) is 0. The van der Waals surface area contributed by atoms with E-state index in [1.54, 1.807) is 0 Å². The van der Waals surface area contributed by atoms with Gasteiger partial charge in [0.1, 0.15) is 0 Å². The summed E-state index contributed by atoms with van der Waals surface area (Å²) in [6.07, 6.45) is 5.63. The third kappa shape index (κ3) is 0.537. The second-order valence-corrected chi connectivity index (χ2v) is 5.63. The van der Waals surface area contributed by atoms with Gasteiger partial charge >= 0.3 is 0 Å². The van der Waals surface area contributed by atoms with Crippen LogP contribution in [0, 0.1) is 23.2 Å². The molecule has 2 heteroatoms. The predicted molar refractivity (Wildman–Crippen MR) is 49.5 cm³/mol. The Morgan fingerprint density at radius 2 is 2.00 bits per heavy atom. The Balaban J connectivity index is 1.83. The number of nitrogens with zero attached hydrogens (tertiary/aromatic N) is 2. The fourth-order valence-electron chi connectivity index (χ4n) is 4.78. The lowest BCUT2D eigenvalue weighted by molar-refractivity contribution is -0.224. The van der Waals surface area contributed by atoms with Crippen molar-refractivity contribution in [2.24, 2.45) is 33.4 Å². The van der Waals surface area contributed by atoms with Crippen LogP contribution in [0.15, 0.2) is 10.2 Å². The van der Waals surface area contributed by atoms with E-state index in [9.17, 15) is 0 Å². The Hall–Kier alpha value is -0.400. The smallest absolute Gasteiger partial charge is 0.0768 e. The monoisotopic (exact) mass is 176 g/mol. The van der Waals surface area contributed by atoms with Gasteiger partial charge in [0.25, 0.3) is 0 Å². The molecule has 3 saturated carbocycles. The third-order valence-corrected chi connectivity index (χ3v) is 5.53. The van der Waals surface area contributed by atoms with Crippen LogP contribution in [-0.4, -0.2) is 12.1 Å². The highest BCUT2D eigenvalue weighted by Gasteiger charge is 2.70. The van der Waals surface area contributed by atoms with E-state index in [-0.39, 0.29) is 0 Å². The van der Waals surface area contributed by atoms with Crippen molar-refractivity contribution < 1.29 is 0 Å². The number of rotatable bonds is 0. The molecule has 0 aromatic heterocycles. The molecule has 0 saturated heterocycles. The topological polar surface area (TPSA) is 24.7 Å². The third-order valence-electron chi connectivity index (χ3n) is 5.53. The molecule has 0 radical (unpaired) electrons. The van der Waals surface area contributed by atoms with Crippen molar-refractivity contribution in [3.05, 3.63) is 0 Å². The zero-order valence-electron chi connectivity index (χ0n) is 8.11. The molecule has 5 aliphatic rings. The lowest BCUT2D eigenvalue weighted by atomic mass is 9.34. The quantitative estimate of drug-likeness (QED) is 0.542. The van der Waals surface area contributed by atoms with Crippen molar-refractivity contribution in [1.29, 1.82) is 0 Å². The Morgan fingerprint density at radius 1 is 1.08 bits per heavy atom. The SMILES string of the molecule is C[C@]12[C@H]([C@@H]3CC[C@@H]31)[C@H]1CC[C@@H]2N=N1. The van der Waals surface area contributed by atoms with Crippen molar-refractivity contribution >= 4 is 0 Å². The summed E-state index contributed by atoms with van der Waals surface area (Å²) in [5.74, 6) is 3.02. The summed E-state index contributed by atoms with van der Waals surface area (Å²) >= 11 is 0. The van der Waals surface area contributed by atoms with Crippen LogP contribution in [0.5, 0.6) is 0 Å². The summed E-state index contributed by atoms with van der Waals surface area (Å²) in [4.78, 5) is 0. The van der Waals surface area contributed by atoms with E-state index in [0.29, 0.717) is 17.5 Å². The fourth-order valence-corrected chi connectivity index (χ4v) is 4.78. The first-order valence-electron chi connectivity index (χ1n) is 5.72.